The number of pyridine rings is 1. The summed E-state index contributed by atoms with van der Waals surface area (Å²) in [5.74, 6) is -0.411. The number of rotatable bonds is 3. The van der Waals surface area contributed by atoms with Gasteiger partial charge in [-0.05, 0) is 38.0 Å². The van der Waals surface area contributed by atoms with Crippen LogP contribution in [0.3, 0.4) is 0 Å². The van der Waals surface area contributed by atoms with Crippen molar-refractivity contribution in [2.24, 2.45) is 0 Å². The Balaban J connectivity index is 2.10. The number of carboxylic acid groups (broad SMARTS) is 1. The van der Waals surface area contributed by atoms with Crippen LogP contribution in [0.2, 0.25) is 0 Å². The number of hydrogen-bond acceptors (Lipinski definition) is 4. The summed E-state index contributed by atoms with van der Waals surface area (Å²) in [7, 11) is 0. The quantitative estimate of drug-likeness (QED) is 0.907. The zero-order valence-corrected chi connectivity index (χ0v) is 10.5. The Morgan fingerprint density at radius 1 is 1.26 bits per heavy atom. The minimum Gasteiger partial charge on any atom is -0.480 e. The van der Waals surface area contributed by atoms with E-state index in [2.05, 4.69) is 15.0 Å². The Morgan fingerprint density at radius 2 is 1.95 bits per heavy atom. The van der Waals surface area contributed by atoms with Crippen molar-refractivity contribution in [3.8, 4) is 11.3 Å². The van der Waals surface area contributed by atoms with Crippen molar-refractivity contribution in [2.75, 3.05) is 0 Å². The summed E-state index contributed by atoms with van der Waals surface area (Å²) in [6.45, 7) is 1.85. The first kappa shape index (κ1) is 11.8. The van der Waals surface area contributed by atoms with Gasteiger partial charge in [0.2, 0.25) is 0 Å². The van der Waals surface area contributed by atoms with Gasteiger partial charge in [-0.2, -0.15) is 0 Å². The summed E-state index contributed by atoms with van der Waals surface area (Å²) in [5.41, 5.74) is 1.58. The van der Waals surface area contributed by atoms with E-state index in [0.717, 1.165) is 17.0 Å². The number of nitrogens with zero attached hydrogens (tertiary/aromatic N) is 3. The molecule has 0 aromatic carbocycles. The molecular weight excluding hydrogens is 242 g/mol. The summed E-state index contributed by atoms with van der Waals surface area (Å²) in [4.78, 5) is 24.1. The Kier molecular flexibility index (Phi) is 2.55. The fraction of sp³-hybridized carbons (Fsp3) is 0.286. The van der Waals surface area contributed by atoms with E-state index < -0.39 is 11.4 Å². The molecule has 0 amide bonds. The predicted octanol–water partition coefficient (Wildman–Crippen LogP) is 1.96. The summed E-state index contributed by atoms with van der Waals surface area (Å²) < 4.78 is 0. The molecule has 1 saturated carbocycles. The van der Waals surface area contributed by atoms with Crippen LogP contribution in [-0.2, 0) is 10.2 Å². The molecular formula is C14H13N3O2. The second-order valence-corrected chi connectivity index (χ2v) is 4.84. The van der Waals surface area contributed by atoms with E-state index >= 15 is 0 Å². The average molecular weight is 255 g/mol. The summed E-state index contributed by atoms with van der Waals surface area (Å²) in [5, 5.41) is 9.32. The van der Waals surface area contributed by atoms with Gasteiger partial charge in [0.05, 0.1) is 5.69 Å². The first-order valence-electron chi connectivity index (χ1n) is 6.12. The molecule has 1 fully saturated rings. The van der Waals surface area contributed by atoms with Crippen molar-refractivity contribution >= 4 is 5.97 Å². The van der Waals surface area contributed by atoms with Crippen molar-refractivity contribution in [3.05, 3.63) is 42.1 Å². The number of aliphatic carboxylic acids is 1. The Bertz CT molecular complexity index is 636. The highest BCUT2D eigenvalue weighted by Crippen LogP contribution is 2.47. The number of hydrogen-bond donors (Lipinski definition) is 1. The van der Waals surface area contributed by atoms with Crippen LogP contribution in [0, 0.1) is 6.92 Å². The van der Waals surface area contributed by atoms with Crippen LogP contribution >= 0.6 is 0 Å². The Hall–Kier alpha value is -2.30. The lowest BCUT2D eigenvalue weighted by Gasteiger charge is -2.11. The fourth-order valence-corrected chi connectivity index (χ4v) is 2.11. The van der Waals surface area contributed by atoms with Crippen molar-refractivity contribution < 1.29 is 9.90 Å². The lowest BCUT2D eigenvalue weighted by atomic mass is 10.1. The standard InChI is InChI=1S/C14H13N3O2/c1-9-8-11(10-2-6-15-7-3-10)17-12(16-9)14(4-5-14)13(18)19/h2-3,6-8H,4-5H2,1H3,(H,18,19). The smallest absolute Gasteiger partial charge is 0.317 e. The fourth-order valence-electron chi connectivity index (χ4n) is 2.11. The van der Waals surface area contributed by atoms with Crippen molar-refractivity contribution in [3.63, 3.8) is 0 Å². The highest BCUT2D eigenvalue weighted by molar-refractivity contribution is 5.83. The van der Waals surface area contributed by atoms with Crippen LogP contribution in [-0.4, -0.2) is 26.0 Å². The molecule has 0 atom stereocenters. The molecule has 19 heavy (non-hydrogen) atoms. The largest absolute Gasteiger partial charge is 0.480 e. The lowest BCUT2D eigenvalue weighted by molar-refractivity contribution is -0.140. The van der Waals surface area contributed by atoms with Crippen LogP contribution < -0.4 is 0 Å². The number of aryl methyl sites for hydroxylation is 1. The third-order valence-corrected chi connectivity index (χ3v) is 3.42. The van der Waals surface area contributed by atoms with Gasteiger partial charge in [0, 0.05) is 23.7 Å². The van der Waals surface area contributed by atoms with Crippen LogP contribution in [0.25, 0.3) is 11.3 Å². The molecule has 1 N–H and O–H groups in total. The molecule has 1 aliphatic carbocycles. The van der Waals surface area contributed by atoms with Gasteiger partial charge < -0.3 is 5.11 Å². The molecule has 0 radical (unpaired) electrons. The van der Waals surface area contributed by atoms with Gasteiger partial charge in [-0.1, -0.05) is 0 Å². The van der Waals surface area contributed by atoms with Gasteiger partial charge in [0.25, 0.3) is 0 Å². The molecule has 0 unspecified atom stereocenters. The SMILES string of the molecule is Cc1cc(-c2ccncc2)nc(C2(C(=O)O)CC2)n1. The van der Waals surface area contributed by atoms with E-state index in [-0.39, 0.29) is 0 Å². The summed E-state index contributed by atoms with van der Waals surface area (Å²) >= 11 is 0. The number of aromatic nitrogens is 3. The van der Waals surface area contributed by atoms with Crippen LogP contribution in [0.5, 0.6) is 0 Å². The molecule has 5 heteroatoms. The molecule has 0 saturated heterocycles. The van der Waals surface area contributed by atoms with Crippen molar-refractivity contribution in [1.82, 2.24) is 15.0 Å². The molecule has 0 aliphatic heterocycles. The normalized spacial score (nSPS) is 16.1. The van der Waals surface area contributed by atoms with E-state index in [4.69, 9.17) is 0 Å². The van der Waals surface area contributed by atoms with Gasteiger partial charge in [0.15, 0.2) is 0 Å². The van der Waals surface area contributed by atoms with Crippen LogP contribution in [0.1, 0.15) is 24.4 Å². The molecule has 0 spiro atoms. The molecule has 0 bridgehead atoms. The first-order valence-corrected chi connectivity index (χ1v) is 6.12. The third kappa shape index (κ3) is 1.97. The summed E-state index contributed by atoms with van der Waals surface area (Å²) in [6, 6.07) is 5.56. The van der Waals surface area contributed by atoms with Gasteiger partial charge in [-0.25, -0.2) is 9.97 Å². The third-order valence-electron chi connectivity index (χ3n) is 3.42. The molecule has 2 aromatic heterocycles. The van der Waals surface area contributed by atoms with Gasteiger partial charge in [-0.15, -0.1) is 0 Å². The highest BCUT2D eigenvalue weighted by Gasteiger charge is 2.54. The first-order chi connectivity index (χ1) is 9.12. The highest BCUT2D eigenvalue weighted by atomic mass is 16.4. The zero-order chi connectivity index (χ0) is 13.5. The van der Waals surface area contributed by atoms with Gasteiger partial charge in [-0.3, -0.25) is 9.78 Å². The number of carboxylic acids is 1. The van der Waals surface area contributed by atoms with Gasteiger partial charge >= 0.3 is 5.97 Å². The Morgan fingerprint density at radius 3 is 2.53 bits per heavy atom. The van der Waals surface area contributed by atoms with Crippen LogP contribution in [0.15, 0.2) is 30.6 Å². The van der Waals surface area contributed by atoms with Crippen LogP contribution in [0.4, 0.5) is 0 Å². The second kappa shape index (κ2) is 4.12. The maximum atomic E-state index is 11.4. The van der Waals surface area contributed by atoms with E-state index in [9.17, 15) is 9.90 Å². The minimum absolute atomic E-state index is 0.423. The number of carbonyl (C=O) groups is 1. The maximum absolute atomic E-state index is 11.4. The molecule has 5 nitrogen and oxygen atoms in total. The van der Waals surface area contributed by atoms with E-state index in [0.29, 0.717) is 18.7 Å². The lowest BCUT2D eigenvalue weighted by Crippen LogP contribution is -2.23. The monoisotopic (exact) mass is 255 g/mol. The topological polar surface area (TPSA) is 76.0 Å². The molecule has 96 valence electrons. The molecule has 1 aliphatic rings. The summed E-state index contributed by atoms with van der Waals surface area (Å²) in [6.07, 6.45) is 4.61. The average Bonchev–Trinajstić information content (AvgIpc) is 3.20. The Labute approximate surface area is 110 Å². The molecule has 3 rings (SSSR count). The van der Waals surface area contributed by atoms with Crippen molar-refractivity contribution in [2.45, 2.75) is 25.2 Å². The van der Waals surface area contributed by atoms with E-state index in [1.165, 1.54) is 0 Å². The molecule has 2 heterocycles. The van der Waals surface area contributed by atoms with Gasteiger partial charge in [0.1, 0.15) is 11.2 Å². The minimum atomic E-state index is -0.867. The predicted molar refractivity (Wildman–Crippen MR) is 68.5 cm³/mol. The maximum Gasteiger partial charge on any atom is 0.317 e. The van der Waals surface area contributed by atoms with E-state index in [1.807, 2.05) is 25.1 Å². The second-order valence-electron chi connectivity index (χ2n) is 4.84. The van der Waals surface area contributed by atoms with E-state index in [1.54, 1.807) is 12.4 Å². The van der Waals surface area contributed by atoms with Crippen molar-refractivity contribution in [1.29, 1.82) is 0 Å². The zero-order valence-electron chi connectivity index (χ0n) is 10.5. The molecule has 2 aromatic rings.